The molecular weight excluding hydrogens is 348 g/mol. The first-order valence-electron chi connectivity index (χ1n) is 7.54. The summed E-state index contributed by atoms with van der Waals surface area (Å²) >= 11 is 3.24. The summed E-state index contributed by atoms with van der Waals surface area (Å²) in [6, 6.07) is 1.78. The number of carbonyl (C=O) groups excluding carboxylic acids is 2. The molecule has 1 amide bonds. The summed E-state index contributed by atoms with van der Waals surface area (Å²) in [5.41, 5.74) is 0.321. The van der Waals surface area contributed by atoms with Crippen LogP contribution in [0.1, 0.15) is 43.5 Å². The van der Waals surface area contributed by atoms with Gasteiger partial charge in [-0.2, -0.15) is 0 Å². The summed E-state index contributed by atoms with van der Waals surface area (Å²) in [6.45, 7) is 4.11. The van der Waals surface area contributed by atoms with E-state index in [1.165, 1.54) is 12.6 Å². The second-order valence-corrected chi connectivity index (χ2v) is 6.82. The number of rotatable bonds is 4. The molecule has 120 valence electrons. The molecule has 0 spiro atoms. The van der Waals surface area contributed by atoms with Gasteiger partial charge >= 0.3 is 5.97 Å². The molecule has 1 aromatic rings. The Morgan fingerprint density at radius 3 is 2.86 bits per heavy atom. The van der Waals surface area contributed by atoms with E-state index >= 15 is 0 Å². The van der Waals surface area contributed by atoms with Crippen molar-refractivity contribution in [1.82, 2.24) is 10.3 Å². The van der Waals surface area contributed by atoms with Crippen molar-refractivity contribution in [1.29, 1.82) is 0 Å². The second kappa shape index (κ2) is 7.72. The minimum Gasteiger partial charge on any atom is -0.452 e. The molecule has 1 aromatic heterocycles. The molecule has 5 nitrogen and oxygen atoms in total. The van der Waals surface area contributed by atoms with Gasteiger partial charge in [-0.1, -0.05) is 26.7 Å². The summed E-state index contributed by atoms with van der Waals surface area (Å²) < 4.78 is 5.73. The summed E-state index contributed by atoms with van der Waals surface area (Å²) in [5.74, 6) is 0.258. The van der Waals surface area contributed by atoms with Crippen LogP contribution in [0.2, 0.25) is 0 Å². The number of esters is 1. The molecule has 3 atom stereocenters. The van der Waals surface area contributed by atoms with E-state index in [4.69, 9.17) is 4.74 Å². The van der Waals surface area contributed by atoms with E-state index in [9.17, 15) is 9.59 Å². The highest BCUT2D eigenvalue weighted by Crippen LogP contribution is 2.29. The number of carbonyl (C=O) groups is 2. The minimum absolute atomic E-state index is 0.169. The lowest BCUT2D eigenvalue weighted by atomic mass is 9.78. The number of nitrogens with zero attached hydrogens (tertiary/aromatic N) is 1. The van der Waals surface area contributed by atoms with Crippen LogP contribution >= 0.6 is 15.9 Å². The summed E-state index contributed by atoms with van der Waals surface area (Å²) in [4.78, 5) is 27.7. The normalized spacial score (nSPS) is 24.6. The van der Waals surface area contributed by atoms with Crippen molar-refractivity contribution in [2.45, 2.75) is 39.2 Å². The van der Waals surface area contributed by atoms with Crippen molar-refractivity contribution < 1.29 is 14.3 Å². The molecule has 1 saturated carbocycles. The molecule has 1 aliphatic rings. The van der Waals surface area contributed by atoms with E-state index in [0.717, 1.165) is 12.8 Å². The van der Waals surface area contributed by atoms with Crippen molar-refractivity contribution in [2.75, 3.05) is 6.61 Å². The number of amides is 1. The Bertz CT molecular complexity index is 550. The Morgan fingerprint density at radius 2 is 2.14 bits per heavy atom. The summed E-state index contributed by atoms with van der Waals surface area (Å²) in [6.07, 6.45) is 6.31. The van der Waals surface area contributed by atoms with Crippen LogP contribution in [-0.4, -0.2) is 29.5 Å². The third-order valence-electron chi connectivity index (χ3n) is 4.33. The van der Waals surface area contributed by atoms with Gasteiger partial charge in [-0.3, -0.25) is 9.78 Å². The molecule has 0 saturated heterocycles. The summed E-state index contributed by atoms with van der Waals surface area (Å²) in [5, 5.41) is 2.98. The smallest absolute Gasteiger partial charge is 0.340 e. The molecule has 0 bridgehead atoms. The predicted molar refractivity (Wildman–Crippen MR) is 86.3 cm³/mol. The Balaban J connectivity index is 1.81. The molecular formula is C16H21BrN2O3. The first-order chi connectivity index (χ1) is 10.5. The number of hydrogen-bond donors (Lipinski definition) is 1. The highest BCUT2D eigenvalue weighted by atomic mass is 79.9. The van der Waals surface area contributed by atoms with Crippen LogP contribution in [0.25, 0.3) is 0 Å². The Kier molecular flexibility index (Phi) is 5.94. The highest BCUT2D eigenvalue weighted by molar-refractivity contribution is 9.10. The SMILES string of the molecule is C[C@@H]1[C@H](C)CCC[C@@H]1NC(=O)COC(=O)c1cncc(Br)c1. The van der Waals surface area contributed by atoms with Crippen LogP contribution in [-0.2, 0) is 9.53 Å². The van der Waals surface area contributed by atoms with Crippen molar-refractivity contribution in [3.8, 4) is 0 Å². The fourth-order valence-electron chi connectivity index (χ4n) is 2.77. The third-order valence-corrected chi connectivity index (χ3v) is 4.76. The third kappa shape index (κ3) is 4.53. The van der Waals surface area contributed by atoms with Gasteiger partial charge in [-0.25, -0.2) is 4.79 Å². The highest BCUT2D eigenvalue weighted by Gasteiger charge is 2.28. The van der Waals surface area contributed by atoms with Gasteiger partial charge in [0.05, 0.1) is 5.56 Å². The molecule has 2 rings (SSSR count). The van der Waals surface area contributed by atoms with E-state index in [1.807, 2.05) is 0 Å². The van der Waals surface area contributed by atoms with Crippen molar-refractivity contribution >= 4 is 27.8 Å². The van der Waals surface area contributed by atoms with Gasteiger partial charge in [0.2, 0.25) is 0 Å². The number of hydrogen-bond acceptors (Lipinski definition) is 4. The average molecular weight is 369 g/mol. The first-order valence-corrected chi connectivity index (χ1v) is 8.33. The molecule has 1 N–H and O–H groups in total. The average Bonchev–Trinajstić information content (AvgIpc) is 2.49. The number of ether oxygens (including phenoxy) is 1. The fraction of sp³-hybridized carbons (Fsp3) is 0.562. The zero-order chi connectivity index (χ0) is 16.1. The van der Waals surface area contributed by atoms with Crippen LogP contribution in [0.5, 0.6) is 0 Å². The lowest BCUT2D eigenvalue weighted by Crippen LogP contribution is -2.45. The predicted octanol–water partition coefficient (Wildman–Crippen LogP) is 2.94. The van der Waals surface area contributed by atoms with Gasteiger partial charge in [-0.15, -0.1) is 0 Å². The van der Waals surface area contributed by atoms with Crippen molar-refractivity contribution in [3.05, 3.63) is 28.5 Å². The molecule has 1 aliphatic carbocycles. The van der Waals surface area contributed by atoms with E-state index in [2.05, 4.69) is 40.1 Å². The minimum atomic E-state index is -0.547. The number of pyridine rings is 1. The fourth-order valence-corrected chi connectivity index (χ4v) is 3.14. The molecule has 0 radical (unpaired) electrons. The van der Waals surface area contributed by atoms with Crippen LogP contribution < -0.4 is 5.32 Å². The molecule has 6 heteroatoms. The van der Waals surface area contributed by atoms with Crippen LogP contribution in [0.15, 0.2) is 22.9 Å². The van der Waals surface area contributed by atoms with Gasteiger partial charge in [0, 0.05) is 22.9 Å². The molecule has 0 aromatic carbocycles. The van der Waals surface area contributed by atoms with Crippen LogP contribution in [0, 0.1) is 11.8 Å². The standard InChI is InChI=1S/C16H21BrN2O3/c1-10-4-3-5-14(11(10)2)19-15(20)9-22-16(21)12-6-13(17)8-18-7-12/h6-8,10-11,14H,3-5,9H2,1-2H3,(H,19,20)/t10-,11-,14+/m1/s1. The number of aromatic nitrogens is 1. The zero-order valence-corrected chi connectivity index (χ0v) is 14.4. The van der Waals surface area contributed by atoms with E-state index in [1.54, 1.807) is 12.3 Å². The largest absolute Gasteiger partial charge is 0.452 e. The van der Waals surface area contributed by atoms with Gasteiger partial charge in [0.1, 0.15) is 0 Å². The maximum atomic E-state index is 12.0. The number of halogens is 1. The Hall–Kier alpha value is -1.43. The molecule has 0 aliphatic heterocycles. The number of nitrogens with one attached hydrogen (secondary N) is 1. The van der Waals surface area contributed by atoms with Gasteiger partial charge in [0.15, 0.2) is 6.61 Å². The lowest BCUT2D eigenvalue weighted by molar-refractivity contribution is -0.125. The van der Waals surface area contributed by atoms with E-state index in [-0.39, 0.29) is 18.6 Å². The first kappa shape index (κ1) is 16.9. The van der Waals surface area contributed by atoms with Gasteiger partial charge < -0.3 is 10.1 Å². The zero-order valence-electron chi connectivity index (χ0n) is 12.8. The monoisotopic (exact) mass is 368 g/mol. The Labute approximate surface area is 139 Å². The van der Waals surface area contributed by atoms with Crippen LogP contribution in [0.3, 0.4) is 0 Å². The van der Waals surface area contributed by atoms with E-state index < -0.39 is 5.97 Å². The lowest BCUT2D eigenvalue weighted by Gasteiger charge is -2.34. The van der Waals surface area contributed by atoms with Gasteiger partial charge in [0.25, 0.3) is 5.91 Å². The molecule has 22 heavy (non-hydrogen) atoms. The molecule has 0 unspecified atom stereocenters. The quantitative estimate of drug-likeness (QED) is 0.829. The summed E-state index contributed by atoms with van der Waals surface area (Å²) in [7, 11) is 0. The molecule has 1 fully saturated rings. The maximum Gasteiger partial charge on any atom is 0.340 e. The van der Waals surface area contributed by atoms with E-state index in [0.29, 0.717) is 21.9 Å². The topological polar surface area (TPSA) is 68.3 Å². The molecule has 1 heterocycles. The maximum absolute atomic E-state index is 12.0. The Morgan fingerprint density at radius 1 is 1.36 bits per heavy atom. The van der Waals surface area contributed by atoms with Crippen molar-refractivity contribution in [2.24, 2.45) is 11.8 Å². The van der Waals surface area contributed by atoms with Gasteiger partial charge in [-0.05, 0) is 40.3 Å². The van der Waals surface area contributed by atoms with Crippen LogP contribution in [0.4, 0.5) is 0 Å². The van der Waals surface area contributed by atoms with Crippen molar-refractivity contribution in [3.63, 3.8) is 0 Å². The second-order valence-electron chi connectivity index (χ2n) is 5.91.